The van der Waals surface area contributed by atoms with Gasteiger partial charge in [0.1, 0.15) is 8.79 Å². The van der Waals surface area contributed by atoms with E-state index in [-0.39, 0.29) is 42.8 Å². The van der Waals surface area contributed by atoms with Gasteiger partial charge in [0, 0.05) is 17.2 Å². The van der Waals surface area contributed by atoms with E-state index >= 15 is 4.39 Å². The van der Waals surface area contributed by atoms with E-state index in [2.05, 4.69) is 12.2 Å². The van der Waals surface area contributed by atoms with E-state index in [1.54, 1.807) is 18.2 Å². The van der Waals surface area contributed by atoms with E-state index in [9.17, 15) is 14.7 Å². The number of rotatable bonds is 6. The maximum atomic E-state index is 15.1. The molecule has 0 saturated carbocycles. The fourth-order valence-corrected chi connectivity index (χ4v) is 10.1. The first-order chi connectivity index (χ1) is 14.1. The average molecular weight is 779 g/mol. The number of carbonyl (C=O) groups is 2. The van der Waals surface area contributed by atoms with Gasteiger partial charge in [-0.05, 0) is 31.6 Å². The zero-order valence-electron chi connectivity index (χ0n) is 17.5. The minimum absolute atomic E-state index is 0. The summed E-state index contributed by atoms with van der Waals surface area (Å²) in [6, 6.07) is 8.98. The van der Waals surface area contributed by atoms with Gasteiger partial charge in [0.2, 0.25) is 0 Å². The van der Waals surface area contributed by atoms with Crippen molar-refractivity contribution in [1.82, 2.24) is 5.32 Å². The molecule has 1 unspecified atom stereocenters. The van der Waals surface area contributed by atoms with Crippen LogP contribution >= 0.6 is 32.5 Å². The van der Waals surface area contributed by atoms with E-state index in [0.717, 1.165) is 8.54 Å². The number of alkyl halides is 1. The van der Waals surface area contributed by atoms with Gasteiger partial charge < -0.3 is 17.3 Å². The molecule has 4 nitrogen and oxygen atoms in total. The number of thioether (sulfide) groups is 1. The van der Waals surface area contributed by atoms with E-state index in [1.807, 2.05) is 38.1 Å². The first-order valence-corrected chi connectivity index (χ1v) is 12.8. The SMILES string of the molecule is [CH2-][C@]1(C2CC=C(C)C=C2F)I=C(NC(=O)c2ccccc2)SC[C@]1(C)C[CH-]C(=O)O.[U+2]. The van der Waals surface area contributed by atoms with Crippen LogP contribution in [0.15, 0.2) is 53.9 Å². The van der Waals surface area contributed by atoms with Crippen molar-refractivity contribution in [3.05, 3.63) is 72.8 Å². The average Bonchev–Trinajstić information content (AvgIpc) is 2.70. The molecule has 1 aliphatic carbocycles. The predicted molar refractivity (Wildman–Crippen MR) is 129 cm³/mol. The third-order valence-corrected chi connectivity index (χ3v) is 12.0. The second kappa shape index (κ2) is 11.0. The molecule has 3 rings (SSSR count). The number of amides is 1. The quantitative estimate of drug-likeness (QED) is 0.234. The van der Waals surface area contributed by atoms with Gasteiger partial charge in [-0.25, -0.2) is 4.39 Å². The first-order valence-electron chi connectivity index (χ1n) is 9.62. The third-order valence-electron chi connectivity index (χ3n) is 5.68. The molecule has 1 aromatic carbocycles. The molecule has 1 aliphatic heterocycles. The van der Waals surface area contributed by atoms with E-state index in [1.165, 1.54) is 18.2 Å². The molecule has 1 heterocycles. The third kappa shape index (κ3) is 6.07. The van der Waals surface area contributed by atoms with Crippen LogP contribution in [0.5, 0.6) is 0 Å². The number of carboxylic acids is 1. The second-order valence-electron chi connectivity index (χ2n) is 7.91. The van der Waals surface area contributed by atoms with Crippen molar-refractivity contribution in [2.75, 3.05) is 5.75 Å². The molecule has 1 aromatic rings. The van der Waals surface area contributed by atoms with Crippen LogP contribution in [0, 0.1) is 55.8 Å². The van der Waals surface area contributed by atoms with Crippen LogP contribution in [0.2, 0.25) is 0 Å². The number of benzene rings is 1. The van der Waals surface area contributed by atoms with Crippen LogP contribution in [0.1, 0.15) is 37.0 Å². The van der Waals surface area contributed by atoms with Crippen LogP contribution < -0.4 is 5.32 Å². The van der Waals surface area contributed by atoms with E-state index in [0.29, 0.717) is 24.2 Å². The number of hydrogen-bond acceptors (Lipinski definition) is 3. The number of aliphatic carboxylic acids is 1. The van der Waals surface area contributed by atoms with E-state index < -0.39 is 41.5 Å². The molecule has 164 valence electrons. The molecule has 8 heteroatoms. The Kier molecular flexibility index (Phi) is 9.51. The monoisotopic (exact) mass is 779 g/mol. The summed E-state index contributed by atoms with van der Waals surface area (Å²) in [6.07, 6.45) is 5.66. The maximum absolute atomic E-state index is 15.1. The molecule has 0 bridgehead atoms. The summed E-state index contributed by atoms with van der Waals surface area (Å²) in [5.74, 6) is -1.23. The summed E-state index contributed by atoms with van der Waals surface area (Å²) in [5, 5.41) is 12.2. The van der Waals surface area contributed by atoms with Crippen molar-refractivity contribution in [2.45, 2.75) is 30.1 Å². The molecule has 1 amide bonds. The van der Waals surface area contributed by atoms with Crippen LogP contribution in [-0.4, -0.2) is 29.1 Å². The van der Waals surface area contributed by atoms with Crippen molar-refractivity contribution < 1.29 is 50.2 Å². The van der Waals surface area contributed by atoms with Gasteiger partial charge >= 0.3 is 31.1 Å². The number of nitrogens with one attached hydrogen (secondary N) is 1. The molecule has 0 saturated heterocycles. The number of carboxylic acid groups (broad SMARTS) is 1. The topological polar surface area (TPSA) is 66.4 Å². The van der Waals surface area contributed by atoms with Crippen LogP contribution in [0.25, 0.3) is 0 Å². The zero-order valence-corrected chi connectivity index (χ0v) is 24.6. The first kappa shape index (κ1) is 26.7. The molecular formula is C23H25FINO3SU. The Bertz CT molecular complexity index is 936. The Labute approximate surface area is 221 Å². The Balaban J connectivity index is 0.00000341. The van der Waals surface area contributed by atoms with Gasteiger partial charge in [-0.15, -0.1) is 32.5 Å². The number of halogens is 2. The molecule has 2 aliphatic rings. The summed E-state index contributed by atoms with van der Waals surface area (Å²) in [5.41, 5.74) is 0.953. The van der Waals surface area contributed by atoms with Crippen molar-refractivity contribution >= 4 is 47.3 Å². The summed E-state index contributed by atoms with van der Waals surface area (Å²) < 4.78 is 15.3. The molecule has 2 N–H and O–H groups in total. The maximum Gasteiger partial charge on any atom is 2.00 e. The van der Waals surface area contributed by atoms with Gasteiger partial charge in [-0.1, -0.05) is 45.6 Å². The summed E-state index contributed by atoms with van der Waals surface area (Å²) in [7, 11) is 0. The summed E-state index contributed by atoms with van der Waals surface area (Å²) in [6.45, 7) is 8.40. The van der Waals surface area contributed by atoms with Crippen molar-refractivity contribution in [3.63, 3.8) is 0 Å². The summed E-state index contributed by atoms with van der Waals surface area (Å²) >= 11 is 0.635. The van der Waals surface area contributed by atoms with Crippen molar-refractivity contribution in [2.24, 2.45) is 11.3 Å². The second-order valence-corrected chi connectivity index (χ2v) is 13.2. The van der Waals surface area contributed by atoms with Crippen LogP contribution in [0.3, 0.4) is 0 Å². The molecule has 31 heavy (non-hydrogen) atoms. The minimum Gasteiger partial charge on any atom is -0.503 e. The molecule has 0 radical (unpaired) electrons. The van der Waals surface area contributed by atoms with Crippen molar-refractivity contribution in [3.8, 4) is 0 Å². The van der Waals surface area contributed by atoms with Crippen LogP contribution in [0.4, 0.5) is 4.39 Å². The van der Waals surface area contributed by atoms with Gasteiger partial charge in [0.25, 0.3) is 5.91 Å². The Morgan fingerprint density at radius 2 is 2.06 bits per heavy atom. The van der Waals surface area contributed by atoms with Gasteiger partial charge in [0.05, 0.1) is 0 Å². The van der Waals surface area contributed by atoms with E-state index in [4.69, 9.17) is 0 Å². The predicted octanol–water partition coefficient (Wildman–Crippen LogP) is 5.30. The Hall–Kier alpha value is -0.558. The molecule has 0 aromatic heterocycles. The Morgan fingerprint density at radius 1 is 1.39 bits per heavy atom. The molecule has 3 atom stereocenters. The summed E-state index contributed by atoms with van der Waals surface area (Å²) in [4.78, 5) is 23.9. The molecule has 0 fully saturated rings. The fraction of sp³-hybridized carbons (Fsp3) is 0.348. The number of carbonyl (C=O) groups excluding carboxylic acids is 1. The minimum atomic E-state index is -0.982. The smallest absolute Gasteiger partial charge is 0.503 e. The zero-order chi connectivity index (χ0) is 21.9. The van der Waals surface area contributed by atoms with Crippen molar-refractivity contribution in [1.29, 1.82) is 0 Å². The molecule has 0 spiro atoms. The van der Waals surface area contributed by atoms with Crippen LogP contribution in [-0.2, 0) is 4.79 Å². The standard InChI is InChI=1S/C23H25FINO3S.U/c1-15-9-10-17(18(24)13-15)23(3)22(2,12-11-19(27)28)14-30-21(25-23)26-20(29)16-7-5-4-6-8-16;/h4-9,11,13,17H,3,10,12,14H2,1-2H3,(H,26,29)(H,27,28);/q-2;+2/t17?,22-,23+;/m0./s1. The molecular weight excluding hydrogens is 754 g/mol. The fourth-order valence-electron chi connectivity index (χ4n) is 3.67. The largest absolute Gasteiger partial charge is 2.00 e. The van der Waals surface area contributed by atoms with Gasteiger partial charge in [-0.2, -0.15) is 6.42 Å². The number of allylic oxidation sites excluding steroid dienone is 4. The van der Waals surface area contributed by atoms with Gasteiger partial charge in [-0.3, -0.25) is 16.0 Å². The van der Waals surface area contributed by atoms with Gasteiger partial charge in [0.15, 0.2) is 5.97 Å². The Morgan fingerprint density at radius 3 is 2.68 bits per heavy atom. The number of hydrogen-bond donors (Lipinski definition) is 2. The normalized spacial score (nSPS) is 28.0.